The van der Waals surface area contributed by atoms with Crippen LogP contribution in [-0.4, -0.2) is 45.3 Å². The lowest BCUT2D eigenvalue weighted by molar-refractivity contribution is -0.385. The minimum atomic E-state index is -3.53. The van der Waals surface area contributed by atoms with E-state index in [2.05, 4.69) is 10.0 Å². The summed E-state index contributed by atoms with van der Waals surface area (Å²) in [7, 11) is -2.18. The molecule has 30 heavy (non-hydrogen) atoms. The number of nitrogens with zero attached hydrogens (tertiary/aromatic N) is 1. The van der Waals surface area contributed by atoms with E-state index < -0.39 is 26.5 Å². The number of fused-ring (bicyclic) bond motifs is 1. The smallest absolute Gasteiger partial charge is 0.286 e. The first-order valence-corrected chi connectivity index (χ1v) is 10.5. The Balaban J connectivity index is 1.90. The fourth-order valence-electron chi connectivity index (χ4n) is 2.70. The Bertz CT molecular complexity index is 1100. The van der Waals surface area contributed by atoms with Gasteiger partial charge < -0.3 is 19.5 Å². The zero-order valence-electron chi connectivity index (χ0n) is 16.1. The lowest BCUT2D eigenvalue weighted by Crippen LogP contribution is -2.19. The van der Waals surface area contributed by atoms with Crippen molar-refractivity contribution in [2.24, 2.45) is 0 Å². The Hall–Kier alpha value is -3.54. The van der Waals surface area contributed by atoms with Gasteiger partial charge in [-0.15, -0.1) is 0 Å². The van der Waals surface area contributed by atoms with E-state index in [1.807, 2.05) is 0 Å². The van der Waals surface area contributed by atoms with Crippen LogP contribution >= 0.6 is 0 Å². The van der Waals surface area contributed by atoms with Crippen molar-refractivity contribution in [3.63, 3.8) is 0 Å². The average Bonchev–Trinajstić information content (AvgIpc) is 2.73. The van der Waals surface area contributed by atoms with Crippen molar-refractivity contribution in [3.8, 4) is 17.2 Å². The molecular weight excluding hydrogens is 418 g/mol. The number of benzene rings is 2. The molecule has 3 rings (SSSR count). The largest absolute Gasteiger partial charge is 0.494 e. The summed E-state index contributed by atoms with van der Waals surface area (Å²) in [6.45, 7) is 2.01. The molecule has 2 aromatic rings. The molecule has 0 saturated carbocycles. The monoisotopic (exact) mass is 437 g/mol. The number of hydrogen-bond donors (Lipinski definition) is 2. The van der Waals surface area contributed by atoms with Crippen molar-refractivity contribution in [1.29, 1.82) is 0 Å². The van der Waals surface area contributed by atoms with Gasteiger partial charge >= 0.3 is 0 Å². The molecule has 11 nitrogen and oxygen atoms in total. The number of amides is 1. The number of rotatable bonds is 7. The first kappa shape index (κ1) is 21.2. The number of carbonyl (C=O) groups is 1. The van der Waals surface area contributed by atoms with E-state index in [4.69, 9.17) is 14.2 Å². The summed E-state index contributed by atoms with van der Waals surface area (Å²) >= 11 is 0. The van der Waals surface area contributed by atoms with Gasteiger partial charge in [0.2, 0.25) is 10.0 Å². The molecule has 0 atom stereocenters. The molecule has 1 amide bonds. The van der Waals surface area contributed by atoms with E-state index in [-0.39, 0.29) is 53.2 Å². The van der Waals surface area contributed by atoms with Crippen molar-refractivity contribution in [2.75, 3.05) is 36.1 Å². The van der Waals surface area contributed by atoms with Crippen LogP contribution in [0.5, 0.6) is 17.2 Å². The van der Waals surface area contributed by atoms with Crippen LogP contribution < -0.4 is 24.2 Å². The molecule has 0 unspecified atom stereocenters. The number of carbonyl (C=O) groups excluding carboxylic acids is 1. The van der Waals surface area contributed by atoms with Crippen LogP contribution in [0.4, 0.5) is 17.1 Å². The highest BCUT2D eigenvalue weighted by atomic mass is 32.2. The molecule has 160 valence electrons. The fraction of sp³-hybridized carbons (Fsp3) is 0.278. The van der Waals surface area contributed by atoms with E-state index in [0.29, 0.717) is 0 Å². The number of anilines is 2. The zero-order valence-corrected chi connectivity index (χ0v) is 16.9. The molecule has 0 bridgehead atoms. The Morgan fingerprint density at radius 3 is 2.47 bits per heavy atom. The predicted molar refractivity (Wildman–Crippen MR) is 108 cm³/mol. The zero-order chi connectivity index (χ0) is 21.9. The molecule has 0 aliphatic carbocycles. The van der Waals surface area contributed by atoms with Gasteiger partial charge in [0.05, 0.1) is 29.5 Å². The lowest BCUT2D eigenvalue weighted by Gasteiger charge is -2.19. The second-order valence-electron chi connectivity index (χ2n) is 6.14. The van der Waals surface area contributed by atoms with E-state index in [1.54, 1.807) is 0 Å². The van der Waals surface area contributed by atoms with Crippen molar-refractivity contribution in [2.45, 2.75) is 6.92 Å². The molecule has 12 heteroatoms. The highest BCUT2D eigenvalue weighted by Gasteiger charge is 2.26. The first-order valence-electron chi connectivity index (χ1n) is 8.82. The van der Waals surface area contributed by atoms with Gasteiger partial charge in [0.25, 0.3) is 11.6 Å². The van der Waals surface area contributed by atoms with Gasteiger partial charge in [-0.2, -0.15) is 0 Å². The molecule has 1 aliphatic rings. The van der Waals surface area contributed by atoms with Crippen LogP contribution in [0.15, 0.2) is 30.3 Å². The highest BCUT2D eigenvalue weighted by Crippen LogP contribution is 2.37. The quantitative estimate of drug-likeness (QED) is 0.496. The summed E-state index contributed by atoms with van der Waals surface area (Å²) in [5, 5.41) is 14.0. The first-order chi connectivity index (χ1) is 14.2. The normalized spacial score (nSPS) is 12.7. The molecule has 0 spiro atoms. The van der Waals surface area contributed by atoms with Crippen LogP contribution in [0, 0.1) is 10.1 Å². The van der Waals surface area contributed by atoms with Gasteiger partial charge in [0, 0.05) is 17.8 Å². The third kappa shape index (κ3) is 4.54. The van der Waals surface area contributed by atoms with Crippen LogP contribution in [0.2, 0.25) is 0 Å². The SMILES string of the molecule is CCS(=O)(=O)Nc1ccc(NC(=O)c2cc3c(cc2[N+](=O)[O-])OCCO3)cc1OC. The average molecular weight is 437 g/mol. The summed E-state index contributed by atoms with van der Waals surface area (Å²) in [4.78, 5) is 23.5. The van der Waals surface area contributed by atoms with E-state index >= 15 is 0 Å². The summed E-state index contributed by atoms with van der Waals surface area (Å²) in [5.41, 5.74) is -0.196. The number of sulfonamides is 1. The number of ether oxygens (including phenoxy) is 3. The summed E-state index contributed by atoms with van der Waals surface area (Å²) in [6.07, 6.45) is 0. The van der Waals surface area contributed by atoms with Crippen LogP contribution in [0.1, 0.15) is 17.3 Å². The number of hydrogen-bond acceptors (Lipinski definition) is 8. The second-order valence-corrected chi connectivity index (χ2v) is 8.16. The molecule has 0 radical (unpaired) electrons. The summed E-state index contributed by atoms with van der Waals surface area (Å²) in [5.74, 6) is -0.274. The maximum absolute atomic E-state index is 12.7. The molecule has 0 saturated heterocycles. The Labute approximate surface area is 172 Å². The maximum Gasteiger partial charge on any atom is 0.286 e. The molecule has 1 heterocycles. The predicted octanol–water partition coefficient (Wildman–Crippen LogP) is 2.39. The molecule has 1 aliphatic heterocycles. The molecule has 0 fully saturated rings. The molecule has 2 N–H and O–H groups in total. The Morgan fingerprint density at radius 1 is 1.20 bits per heavy atom. The summed E-state index contributed by atoms with van der Waals surface area (Å²) < 4.78 is 41.8. The fourth-order valence-corrected chi connectivity index (χ4v) is 3.35. The maximum atomic E-state index is 12.7. The van der Waals surface area contributed by atoms with Gasteiger partial charge in [0.15, 0.2) is 11.5 Å². The van der Waals surface area contributed by atoms with Crippen molar-refractivity contribution in [1.82, 2.24) is 0 Å². The highest BCUT2D eigenvalue weighted by molar-refractivity contribution is 7.92. The third-order valence-electron chi connectivity index (χ3n) is 4.21. The van der Waals surface area contributed by atoms with Gasteiger partial charge in [0.1, 0.15) is 24.5 Å². The van der Waals surface area contributed by atoms with Crippen molar-refractivity contribution in [3.05, 3.63) is 46.0 Å². The summed E-state index contributed by atoms with van der Waals surface area (Å²) in [6, 6.07) is 6.66. The van der Waals surface area contributed by atoms with Crippen LogP contribution in [-0.2, 0) is 10.0 Å². The number of methoxy groups -OCH3 is 1. The van der Waals surface area contributed by atoms with Gasteiger partial charge in [-0.05, 0) is 19.1 Å². The molecule has 2 aromatic carbocycles. The van der Waals surface area contributed by atoms with E-state index in [1.165, 1.54) is 38.3 Å². The van der Waals surface area contributed by atoms with E-state index in [0.717, 1.165) is 6.07 Å². The number of nitrogens with one attached hydrogen (secondary N) is 2. The minimum absolute atomic E-state index is 0.123. The standard InChI is InChI=1S/C18H19N3O8S/c1-3-30(25,26)20-13-5-4-11(8-15(13)27-2)19-18(22)12-9-16-17(29-7-6-28-16)10-14(12)21(23)24/h4-5,8-10,20H,3,6-7H2,1-2H3,(H,19,22). The number of nitro benzene ring substituents is 1. The molecule has 0 aromatic heterocycles. The van der Waals surface area contributed by atoms with Crippen LogP contribution in [0.3, 0.4) is 0 Å². The van der Waals surface area contributed by atoms with Crippen molar-refractivity contribution >= 4 is 33.0 Å². The van der Waals surface area contributed by atoms with Gasteiger partial charge in [-0.25, -0.2) is 8.42 Å². The number of nitro groups is 1. The van der Waals surface area contributed by atoms with Crippen molar-refractivity contribution < 1.29 is 32.3 Å². The second kappa shape index (κ2) is 8.45. The third-order valence-corrected chi connectivity index (χ3v) is 5.50. The van der Waals surface area contributed by atoms with Gasteiger partial charge in [-0.1, -0.05) is 0 Å². The van der Waals surface area contributed by atoms with Gasteiger partial charge in [-0.3, -0.25) is 19.6 Å². The minimum Gasteiger partial charge on any atom is -0.494 e. The van der Waals surface area contributed by atoms with Crippen LogP contribution in [0.25, 0.3) is 0 Å². The topological polar surface area (TPSA) is 146 Å². The molecular formula is C18H19N3O8S. The Kier molecular flexibility index (Phi) is 5.96. The Morgan fingerprint density at radius 2 is 1.87 bits per heavy atom. The lowest BCUT2D eigenvalue weighted by atomic mass is 10.1. The van der Waals surface area contributed by atoms with E-state index in [9.17, 15) is 23.3 Å².